The van der Waals surface area contributed by atoms with Crippen molar-refractivity contribution >= 4 is 17.7 Å². The van der Waals surface area contributed by atoms with E-state index in [2.05, 4.69) is 0 Å². The van der Waals surface area contributed by atoms with E-state index in [9.17, 15) is 4.57 Å². The fourth-order valence-corrected chi connectivity index (χ4v) is 6.83. The summed E-state index contributed by atoms with van der Waals surface area (Å²) in [6, 6.07) is 20.0. The molecule has 1 nitrogen and oxygen atoms in total. The van der Waals surface area contributed by atoms with E-state index in [0.717, 1.165) is 24.0 Å². The summed E-state index contributed by atoms with van der Waals surface area (Å²) < 4.78 is 13.0. The van der Waals surface area contributed by atoms with Gasteiger partial charge in [0.1, 0.15) is 0 Å². The molecule has 2 unspecified atom stereocenters. The van der Waals surface area contributed by atoms with Crippen molar-refractivity contribution in [3.63, 3.8) is 0 Å². The average Bonchev–Trinajstić information content (AvgIpc) is 2.76. The van der Waals surface area contributed by atoms with Crippen LogP contribution in [0.1, 0.15) is 35.3 Å². The molecule has 0 spiro atoms. The zero-order chi connectivity index (χ0) is 13.3. The van der Waals surface area contributed by atoms with Crippen molar-refractivity contribution in [2.45, 2.75) is 24.2 Å². The maximum atomic E-state index is 13.0. The van der Waals surface area contributed by atoms with Crippen LogP contribution in [0.5, 0.6) is 0 Å². The molecule has 1 aliphatic heterocycles. The minimum absolute atomic E-state index is 0.000530. The highest BCUT2D eigenvalue weighted by atomic mass is 35.7. The van der Waals surface area contributed by atoms with Crippen LogP contribution in [0.4, 0.5) is 0 Å². The lowest BCUT2D eigenvalue weighted by Gasteiger charge is -2.20. The Hall–Kier alpha value is -1.04. The van der Waals surface area contributed by atoms with Gasteiger partial charge in [-0.1, -0.05) is 71.9 Å². The molecular weight excluding hydrogens is 275 g/mol. The van der Waals surface area contributed by atoms with Crippen molar-refractivity contribution < 1.29 is 4.57 Å². The van der Waals surface area contributed by atoms with Gasteiger partial charge in [0.2, 0.25) is 0 Å². The summed E-state index contributed by atoms with van der Waals surface area (Å²) in [5.74, 6) is 0. The van der Waals surface area contributed by atoms with Crippen LogP contribution < -0.4 is 0 Å². The molecule has 2 aromatic rings. The largest absolute Gasteiger partial charge is 0.305 e. The van der Waals surface area contributed by atoms with Gasteiger partial charge in [-0.3, -0.25) is 0 Å². The van der Waals surface area contributed by atoms with Crippen molar-refractivity contribution in [3.05, 3.63) is 71.8 Å². The van der Waals surface area contributed by atoms with Gasteiger partial charge >= 0.3 is 0 Å². The Morgan fingerprint density at radius 1 is 0.789 bits per heavy atom. The van der Waals surface area contributed by atoms with E-state index in [1.165, 1.54) is 0 Å². The molecule has 0 bridgehead atoms. The molecule has 3 rings (SSSR count). The minimum atomic E-state index is -2.74. The second-order valence-electron chi connectivity index (χ2n) is 5.05. The Bertz CT molecular complexity index is 545. The smallest absolute Gasteiger partial charge is 0.183 e. The molecule has 0 saturated carbocycles. The lowest BCUT2D eigenvalue weighted by atomic mass is 10.0. The van der Waals surface area contributed by atoms with Gasteiger partial charge in [-0.05, 0) is 24.0 Å². The maximum Gasteiger partial charge on any atom is 0.183 e. The van der Waals surface area contributed by atoms with Gasteiger partial charge in [-0.25, -0.2) is 0 Å². The zero-order valence-corrected chi connectivity index (χ0v) is 12.2. The molecule has 0 aromatic heterocycles. The number of halogens is 1. The number of benzene rings is 2. The first-order valence-corrected chi connectivity index (χ1v) is 9.33. The molecule has 0 radical (unpaired) electrons. The van der Waals surface area contributed by atoms with Crippen LogP contribution in [0.2, 0.25) is 0 Å². The van der Waals surface area contributed by atoms with E-state index >= 15 is 0 Å². The minimum Gasteiger partial charge on any atom is -0.305 e. The molecule has 98 valence electrons. The van der Waals surface area contributed by atoms with Crippen molar-refractivity contribution in [3.8, 4) is 0 Å². The molecule has 1 saturated heterocycles. The Kier molecular flexibility index (Phi) is 3.52. The fourth-order valence-electron chi connectivity index (χ4n) is 2.98. The lowest BCUT2D eigenvalue weighted by molar-refractivity contribution is 0.577. The van der Waals surface area contributed by atoms with Gasteiger partial charge in [0.25, 0.3) is 0 Å². The van der Waals surface area contributed by atoms with E-state index in [1.54, 1.807) is 0 Å². The molecule has 19 heavy (non-hydrogen) atoms. The van der Waals surface area contributed by atoms with Crippen LogP contribution in [0.3, 0.4) is 0 Å². The standard InChI is InChI=1S/C16H16ClOP/c17-19(18)15(13-7-3-1-4-8-13)11-12-16(19)14-9-5-2-6-10-14/h1-10,15-16H,11-12H2. The summed E-state index contributed by atoms with van der Waals surface area (Å²) in [4.78, 5) is 0. The summed E-state index contributed by atoms with van der Waals surface area (Å²) in [5, 5.41) is 0. The maximum absolute atomic E-state index is 13.0. The second-order valence-corrected chi connectivity index (χ2v) is 9.13. The molecule has 1 aliphatic rings. The molecule has 2 aromatic carbocycles. The molecule has 1 heterocycles. The van der Waals surface area contributed by atoms with Crippen LogP contribution in [-0.2, 0) is 4.57 Å². The zero-order valence-electron chi connectivity index (χ0n) is 10.6. The molecule has 0 amide bonds. The molecule has 3 heteroatoms. The summed E-state index contributed by atoms with van der Waals surface area (Å²) in [6.07, 6.45) is 1.81. The SMILES string of the molecule is O=P1(Cl)C(c2ccccc2)CCC1c1ccccc1. The van der Waals surface area contributed by atoms with Gasteiger partial charge in [-0.2, -0.15) is 0 Å². The average molecular weight is 291 g/mol. The highest BCUT2D eigenvalue weighted by Crippen LogP contribution is 2.79. The number of hydrogen-bond donors (Lipinski definition) is 0. The van der Waals surface area contributed by atoms with Crippen LogP contribution in [0.25, 0.3) is 0 Å². The Labute approximate surface area is 118 Å². The molecular formula is C16H16ClOP. The topological polar surface area (TPSA) is 17.1 Å². The Balaban J connectivity index is 1.95. The fraction of sp³-hybridized carbons (Fsp3) is 0.250. The lowest BCUT2D eigenvalue weighted by Crippen LogP contribution is -1.93. The second kappa shape index (κ2) is 5.15. The Morgan fingerprint density at radius 3 is 1.53 bits per heavy atom. The highest BCUT2D eigenvalue weighted by molar-refractivity contribution is 7.89. The van der Waals surface area contributed by atoms with E-state index in [1.807, 2.05) is 60.7 Å². The first kappa shape index (κ1) is 13.0. The van der Waals surface area contributed by atoms with Crippen LogP contribution in [0, 0.1) is 0 Å². The van der Waals surface area contributed by atoms with Gasteiger partial charge in [0.05, 0.1) is 11.3 Å². The van der Waals surface area contributed by atoms with Crippen LogP contribution in [-0.4, -0.2) is 0 Å². The van der Waals surface area contributed by atoms with Crippen LogP contribution >= 0.6 is 17.7 Å². The van der Waals surface area contributed by atoms with Gasteiger partial charge < -0.3 is 4.57 Å². The van der Waals surface area contributed by atoms with Crippen molar-refractivity contribution in [1.29, 1.82) is 0 Å². The van der Waals surface area contributed by atoms with Crippen molar-refractivity contribution in [2.75, 3.05) is 0 Å². The number of hydrogen-bond acceptors (Lipinski definition) is 1. The third-order valence-corrected chi connectivity index (χ3v) is 8.16. The monoisotopic (exact) mass is 290 g/mol. The summed E-state index contributed by atoms with van der Waals surface area (Å²) in [5.41, 5.74) is 2.22. The van der Waals surface area contributed by atoms with E-state index in [0.29, 0.717) is 0 Å². The molecule has 1 fully saturated rings. The van der Waals surface area contributed by atoms with E-state index < -0.39 is 6.49 Å². The van der Waals surface area contributed by atoms with E-state index in [4.69, 9.17) is 11.2 Å². The summed E-state index contributed by atoms with van der Waals surface area (Å²) in [6.45, 7) is -2.74. The molecule has 0 aliphatic carbocycles. The third-order valence-electron chi connectivity index (χ3n) is 3.93. The van der Waals surface area contributed by atoms with Crippen LogP contribution in [0.15, 0.2) is 60.7 Å². The molecule has 2 atom stereocenters. The normalized spacial score (nSPS) is 30.4. The van der Waals surface area contributed by atoms with Gasteiger partial charge in [0.15, 0.2) is 6.49 Å². The van der Waals surface area contributed by atoms with Crippen molar-refractivity contribution in [1.82, 2.24) is 0 Å². The summed E-state index contributed by atoms with van der Waals surface area (Å²) in [7, 11) is 0. The van der Waals surface area contributed by atoms with Gasteiger partial charge in [-0.15, -0.1) is 0 Å². The first-order valence-electron chi connectivity index (χ1n) is 6.58. The number of rotatable bonds is 2. The first-order chi connectivity index (χ1) is 9.19. The predicted octanol–water partition coefficient (Wildman–Crippen LogP) is 5.78. The highest BCUT2D eigenvalue weighted by Gasteiger charge is 2.46. The predicted molar refractivity (Wildman–Crippen MR) is 81.1 cm³/mol. The van der Waals surface area contributed by atoms with Gasteiger partial charge in [0, 0.05) is 0 Å². The van der Waals surface area contributed by atoms with E-state index in [-0.39, 0.29) is 11.3 Å². The quantitative estimate of drug-likeness (QED) is 0.641. The van der Waals surface area contributed by atoms with Crippen molar-refractivity contribution in [2.24, 2.45) is 0 Å². The molecule has 0 N–H and O–H groups in total. The third kappa shape index (κ3) is 2.38. The summed E-state index contributed by atoms with van der Waals surface area (Å²) >= 11 is 6.52. The Morgan fingerprint density at radius 2 is 1.16 bits per heavy atom.